The predicted molar refractivity (Wildman–Crippen MR) is 70.7 cm³/mol. The average molecular weight is 272 g/mol. The van der Waals surface area contributed by atoms with Crippen LogP contribution in [0.25, 0.3) is 0 Å². The highest BCUT2D eigenvalue weighted by atomic mass is 32.2. The second kappa shape index (κ2) is 6.13. The number of sulfone groups is 1. The summed E-state index contributed by atoms with van der Waals surface area (Å²) >= 11 is 0. The zero-order chi connectivity index (χ0) is 13.8. The Morgan fingerprint density at radius 1 is 1.28 bits per heavy atom. The molecule has 0 unspecified atom stereocenters. The van der Waals surface area contributed by atoms with Gasteiger partial charge in [0.05, 0.1) is 17.0 Å². The summed E-state index contributed by atoms with van der Waals surface area (Å²) < 4.78 is 23.9. The number of carbonyl (C=O) groups excluding carboxylic acids is 1. The molecule has 0 aliphatic carbocycles. The van der Waals surface area contributed by atoms with Crippen molar-refractivity contribution < 1.29 is 13.2 Å². The monoisotopic (exact) mass is 272 g/mol. The first kappa shape index (κ1) is 14.9. The van der Waals surface area contributed by atoms with Crippen LogP contribution in [0.4, 0.5) is 0 Å². The third kappa shape index (κ3) is 3.66. The van der Waals surface area contributed by atoms with Gasteiger partial charge in [0.2, 0.25) is 0 Å². The molecule has 0 amide bonds. The molecule has 1 aromatic rings. The Kier molecular flexibility index (Phi) is 5.07. The maximum absolute atomic E-state index is 11.1. The van der Waals surface area contributed by atoms with Crippen molar-refractivity contribution in [1.29, 1.82) is 0 Å². The van der Waals surface area contributed by atoms with Crippen molar-refractivity contribution in [3.8, 4) is 0 Å². The van der Waals surface area contributed by atoms with E-state index < -0.39 is 9.84 Å². The van der Waals surface area contributed by atoms with Gasteiger partial charge in [-0.2, -0.15) is 5.10 Å². The average Bonchev–Trinajstić information content (AvgIpc) is 2.64. The highest BCUT2D eigenvalue weighted by molar-refractivity contribution is 7.90. The molecule has 0 saturated carbocycles. The number of hydrogen-bond acceptors (Lipinski definition) is 4. The lowest BCUT2D eigenvalue weighted by Crippen LogP contribution is -2.10. The minimum atomic E-state index is -2.94. The third-order valence-electron chi connectivity index (χ3n) is 2.85. The quantitative estimate of drug-likeness (QED) is 0.701. The van der Waals surface area contributed by atoms with Gasteiger partial charge in [-0.05, 0) is 19.3 Å². The Labute approximate surface area is 108 Å². The van der Waals surface area contributed by atoms with Crippen LogP contribution < -0.4 is 0 Å². The first-order valence-corrected chi connectivity index (χ1v) is 8.20. The van der Waals surface area contributed by atoms with Crippen molar-refractivity contribution in [2.45, 2.75) is 39.7 Å². The molecular formula is C12H20N2O3S. The number of rotatable bonds is 7. The number of aryl methyl sites for hydroxylation is 2. The van der Waals surface area contributed by atoms with Crippen LogP contribution in [0, 0.1) is 0 Å². The van der Waals surface area contributed by atoms with Crippen molar-refractivity contribution >= 4 is 16.1 Å². The molecule has 0 N–H and O–H groups in total. The van der Waals surface area contributed by atoms with Crippen molar-refractivity contribution in [3.05, 3.63) is 17.0 Å². The van der Waals surface area contributed by atoms with E-state index in [1.54, 1.807) is 4.68 Å². The lowest BCUT2D eigenvalue weighted by molar-refractivity contribution is 0.112. The van der Waals surface area contributed by atoms with Gasteiger partial charge in [0.1, 0.15) is 9.84 Å². The number of aldehydes is 1. The van der Waals surface area contributed by atoms with Crippen LogP contribution in [0.5, 0.6) is 0 Å². The van der Waals surface area contributed by atoms with E-state index in [-0.39, 0.29) is 5.75 Å². The Morgan fingerprint density at radius 2 is 1.94 bits per heavy atom. The third-order valence-corrected chi connectivity index (χ3v) is 3.88. The second-order valence-electron chi connectivity index (χ2n) is 4.34. The van der Waals surface area contributed by atoms with E-state index in [4.69, 9.17) is 0 Å². The molecule has 1 aromatic heterocycles. The van der Waals surface area contributed by atoms with E-state index in [1.807, 2.05) is 13.8 Å². The number of nitrogens with zero attached hydrogens (tertiary/aromatic N) is 2. The smallest absolute Gasteiger partial charge is 0.153 e. The molecule has 0 bridgehead atoms. The standard InChI is InChI=1S/C12H20N2O3S/c1-4-11-10(9-15)12(5-2)14(13-11)7-6-8-18(3,16)17/h9H,4-8H2,1-3H3. The van der Waals surface area contributed by atoms with Gasteiger partial charge in [-0.25, -0.2) is 8.42 Å². The molecule has 0 fully saturated rings. The van der Waals surface area contributed by atoms with Crippen LogP contribution in [0.15, 0.2) is 0 Å². The predicted octanol–water partition coefficient (Wildman–Crippen LogP) is 1.26. The van der Waals surface area contributed by atoms with Crippen LogP contribution in [-0.4, -0.2) is 36.5 Å². The second-order valence-corrected chi connectivity index (χ2v) is 6.60. The van der Waals surface area contributed by atoms with E-state index in [2.05, 4.69) is 5.10 Å². The molecule has 0 spiro atoms. The van der Waals surface area contributed by atoms with Gasteiger partial charge in [0.25, 0.3) is 0 Å². The van der Waals surface area contributed by atoms with Gasteiger partial charge in [-0.3, -0.25) is 9.48 Å². The van der Waals surface area contributed by atoms with E-state index >= 15 is 0 Å². The highest BCUT2D eigenvalue weighted by Gasteiger charge is 2.14. The van der Waals surface area contributed by atoms with Crippen LogP contribution in [0.2, 0.25) is 0 Å². The molecule has 6 heteroatoms. The summed E-state index contributed by atoms with van der Waals surface area (Å²) in [6.45, 7) is 4.46. The number of aromatic nitrogens is 2. The molecule has 1 heterocycles. The molecule has 0 radical (unpaired) electrons. The molecule has 0 aliphatic rings. The van der Waals surface area contributed by atoms with Crippen molar-refractivity contribution in [1.82, 2.24) is 9.78 Å². The Hall–Kier alpha value is -1.17. The number of hydrogen-bond donors (Lipinski definition) is 0. The highest BCUT2D eigenvalue weighted by Crippen LogP contribution is 2.14. The van der Waals surface area contributed by atoms with Crippen molar-refractivity contribution in [2.24, 2.45) is 0 Å². The topological polar surface area (TPSA) is 69.0 Å². The van der Waals surface area contributed by atoms with E-state index in [0.717, 1.165) is 24.1 Å². The summed E-state index contributed by atoms with van der Waals surface area (Å²) in [5.41, 5.74) is 2.36. The Bertz CT molecular complexity index is 518. The van der Waals surface area contributed by atoms with Crippen molar-refractivity contribution in [3.63, 3.8) is 0 Å². The van der Waals surface area contributed by atoms with E-state index in [9.17, 15) is 13.2 Å². The molecule has 102 valence electrons. The minimum Gasteiger partial charge on any atom is -0.298 e. The Morgan fingerprint density at radius 3 is 2.39 bits per heavy atom. The first-order chi connectivity index (χ1) is 8.42. The largest absolute Gasteiger partial charge is 0.298 e. The zero-order valence-corrected chi connectivity index (χ0v) is 12.0. The van der Waals surface area contributed by atoms with Gasteiger partial charge < -0.3 is 0 Å². The molecule has 0 aliphatic heterocycles. The molecular weight excluding hydrogens is 252 g/mol. The summed E-state index contributed by atoms with van der Waals surface area (Å²) in [7, 11) is -2.94. The fourth-order valence-electron chi connectivity index (χ4n) is 2.00. The SMILES string of the molecule is CCc1nn(CCCS(C)(=O)=O)c(CC)c1C=O. The van der Waals surface area contributed by atoms with E-state index in [1.165, 1.54) is 6.26 Å². The van der Waals surface area contributed by atoms with Gasteiger partial charge >= 0.3 is 0 Å². The molecule has 0 atom stereocenters. The molecule has 0 saturated heterocycles. The summed E-state index contributed by atoms with van der Waals surface area (Å²) in [4.78, 5) is 11.1. The zero-order valence-electron chi connectivity index (χ0n) is 11.1. The lowest BCUT2D eigenvalue weighted by Gasteiger charge is -2.05. The summed E-state index contributed by atoms with van der Waals surface area (Å²) in [5, 5.41) is 4.38. The first-order valence-electron chi connectivity index (χ1n) is 6.14. The van der Waals surface area contributed by atoms with Crippen LogP contribution in [0.1, 0.15) is 42.0 Å². The maximum atomic E-state index is 11.1. The molecule has 5 nitrogen and oxygen atoms in total. The molecule has 18 heavy (non-hydrogen) atoms. The summed E-state index contributed by atoms with van der Waals surface area (Å²) in [5.74, 6) is 0.147. The molecule has 1 rings (SSSR count). The molecule has 0 aromatic carbocycles. The van der Waals surface area contributed by atoms with Gasteiger partial charge in [-0.1, -0.05) is 13.8 Å². The van der Waals surface area contributed by atoms with E-state index in [0.29, 0.717) is 24.9 Å². The van der Waals surface area contributed by atoms with Gasteiger partial charge in [0, 0.05) is 18.5 Å². The maximum Gasteiger partial charge on any atom is 0.153 e. The lowest BCUT2D eigenvalue weighted by atomic mass is 10.1. The van der Waals surface area contributed by atoms with Gasteiger partial charge in [0.15, 0.2) is 6.29 Å². The fourth-order valence-corrected chi connectivity index (χ4v) is 2.65. The fraction of sp³-hybridized carbons (Fsp3) is 0.667. The normalized spacial score (nSPS) is 11.7. The summed E-state index contributed by atoms with van der Waals surface area (Å²) in [6.07, 6.45) is 4.03. The van der Waals surface area contributed by atoms with Gasteiger partial charge in [-0.15, -0.1) is 0 Å². The number of carbonyl (C=O) groups is 1. The van der Waals surface area contributed by atoms with Crippen LogP contribution >= 0.6 is 0 Å². The van der Waals surface area contributed by atoms with Crippen LogP contribution in [-0.2, 0) is 29.2 Å². The summed E-state index contributed by atoms with van der Waals surface area (Å²) in [6, 6.07) is 0. The minimum absolute atomic E-state index is 0.147. The van der Waals surface area contributed by atoms with Crippen LogP contribution in [0.3, 0.4) is 0 Å². The Balaban J connectivity index is 2.88. The van der Waals surface area contributed by atoms with Crippen molar-refractivity contribution in [2.75, 3.05) is 12.0 Å².